The van der Waals surface area contributed by atoms with E-state index in [0.717, 1.165) is 27.8 Å². The number of benzene rings is 3. The summed E-state index contributed by atoms with van der Waals surface area (Å²) in [6.07, 6.45) is 0. The molecule has 3 aromatic rings. The second-order valence-electron chi connectivity index (χ2n) is 6.62. The summed E-state index contributed by atoms with van der Waals surface area (Å²) in [6.45, 7) is 2.90. The molecule has 4 heteroatoms. The van der Waals surface area contributed by atoms with Crippen LogP contribution in [-0.2, 0) is 9.53 Å². The number of carbonyl (C=O) groups is 1. The summed E-state index contributed by atoms with van der Waals surface area (Å²) in [5, 5.41) is 2.17. The summed E-state index contributed by atoms with van der Waals surface area (Å²) in [7, 11) is 3.65. The average Bonchev–Trinajstić information content (AvgIpc) is 2.72. The Balaban J connectivity index is 1.59. The molecule has 0 aliphatic rings. The van der Waals surface area contributed by atoms with Gasteiger partial charge >= 0.3 is 5.97 Å². The summed E-state index contributed by atoms with van der Waals surface area (Å²) in [5.74, 6) is 0.313. The molecule has 0 bridgehead atoms. The monoisotopic (exact) mass is 363 g/mol. The molecule has 1 unspecified atom stereocenters. The zero-order valence-corrected chi connectivity index (χ0v) is 16.0. The number of esters is 1. The fraction of sp³-hybridized carbons (Fsp3) is 0.261. The molecule has 0 amide bonds. The zero-order chi connectivity index (χ0) is 19.2. The van der Waals surface area contributed by atoms with Crippen LogP contribution in [0.15, 0.2) is 66.7 Å². The molecule has 4 nitrogen and oxygen atoms in total. The van der Waals surface area contributed by atoms with Gasteiger partial charge in [-0.05, 0) is 47.5 Å². The lowest BCUT2D eigenvalue weighted by molar-refractivity contribution is -0.144. The highest BCUT2D eigenvalue weighted by Gasteiger charge is 2.17. The largest absolute Gasteiger partial charge is 0.497 e. The number of fused-ring (bicyclic) bond motifs is 1. The van der Waals surface area contributed by atoms with Gasteiger partial charge in [0.1, 0.15) is 12.4 Å². The number of rotatable bonds is 7. The Morgan fingerprint density at radius 2 is 1.70 bits per heavy atom. The summed E-state index contributed by atoms with van der Waals surface area (Å²) >= 11 is 0. The highest BCUT2D eigenvalue weighted by Crippen LogP contribution is 2.25. The van der Waals surface area contributed by atoms with Gasteiger partial charge in [0.05, 0.1) is 19.6 Å². The lowest BCUT2D eigenvalue weighted by Crippen LogP contribution is -2.25. The van der Waals surface area contributed by atoms with Crippen LogP contribution in [0, 0.1) is 0 Å². The van der Waals surface area contributed by atoms with Crippen LogP contribution in [0.4, 0.5) is 5.69 Å². The summed E-state index contributed by atoms with van der Waals surface area (Å²) in [5.41, 5.74) is 2.06. The number of methoxy groups -OCH3 is 1. The predicted molar refractivity (Wildman–Crippen MR) is 110 cm³/mol. The smallest absolute Gasteiger partial charge is 0.313 e. The summed E-state index contributed by atoms with van der Waals surface area (Å²) < 4.78 is 10.8. The van der Waals surface area contributed by atoms with Crippen molar-refractivity contribution in [2.45, 2.75) is 12.8 Å². The van der Waals surface area contributed by atoms with E-state index < -0.39 is 0 Å². The molecular weight excluding hydrogens is 338 g/mol. The molecule has 140 valence electrons. The van der Waals surface area contributed by atoms with Crippen molar-refractivity contribution in [3.05, 3.63) is 72.3 Å². The van der Waals surface area contributed by atoms with Gasteiger partial charge in [-0.25, -0.2) is 0 Å². The number of hydrogen-bond acceptors (Lipinski definition) is 4. The van der Waals surface area contributed by atoms with Crippen molar-refractivity contribution >= 4 is 22.4 Å². The number of hydrogen-bond donors (Lipinski definition) is 0. The van der Waals surface area contributed by atoms with Gasteiger partial charge in [0, 0.05) is 12.7 Å². The van der Waals surface area contributed by atoms with Gasteiger partial charge < -0.3 is 14.4 Å². The number of carbonyl (C=O) groups excluding carboxylic acids is 1. The van der Waals surface area contributed by atoms with Gasteiger partial charge in [-0.2, -0.15) is 0 Å². The minimum Gasteiger partial charge on any atom is -0.497 e. The first kappa shape index (κ1) is 18.8. The van der Waals surface area contributed by atoms with E-state index in [1.165, 1.54) is 0 Å². The number of likely N-dealkylation sites (N-methyl/N-ethyl adjacent to an activating group) is 1. The lowest BCUT2D eigenvalue weighted by atomic mass is 9.98. The Bertz CT molecular complexity index is 908. The number of ether oxygens (including phenoxy) is 2. The first-order chi connectivity index (χ1) is 13.1. The predicted octanol–water partition coefficient (Wildman–Crippen LogP) is 4.63. The summed E-state index contributed by atoms with van der Waals surface area (Å²) in [4.78, 5) is 14.5. The maximum atomic E-state index is 12.4. The number of para-hydroxylation sites is 1. The Labute approximate surface area is 160 Å². The topological polar surface area (TPSA) is 38.8 Å². The fourth-order valence-corrected chi connectivity index (χ4v) is 2.99. The van der Waals surface area contributed by atoms with Gasteiger partial charge in [-0.15, -0.1) is 0 Å². The van der Waals surface area contributed by atoms with E-state index in [2.05, 4.69) is 4.90 Å². The Morgan fingerprint density at radius 1 is 1.00 bits per heavy atom. The maximum Gasteiger partial charge on any atom is 0.313 e. The van der Waals surface area contributed by atoms with Crippen LogP contribution in [-0.4, -0.2) is 33.3 Å². The standard InChI is InChI=1S/C23H25NO3/c1-17(18-9-10-20-16-22(26-3)12-11-19(20)15-18)23(25)27-14-13-24(2)21-7-5-4-6-8-21/h4-12,15-17H,13-14H2,1-3H3. The first-order valence-corrected chi connectivity index (χ1v) is 9.09. The molecule has 0 saturated carbocycles. The molecule has 3 rings (SSSR count). The van der Waals surface area contributed by atoms with Crippen LogP contribution in [0.3, 0.4) is 0 Å². The minimum atomic E-state index is -0.307. The molecule has 0 aliphatic heterocycles. The van der Waals surface area contributed by atoms with Gasteiger partial charge in [0.15, 0.2) is 0 Å². The van der Waals surface area contributed by atoms with E-state index >= 15 is 0 Å². The van der Waals surface area contributed by atoms with Crippen LogP contribution in [0.25, 0.3) is 10.8 Å². The van der Waals surface area contributed by atoms with Crippen LogP contribution in [0.2, 0.25) is 0 Å². The molecule has 27 heavy (non-hydrogen) atoms. The molecular formula is C23H25NO3. The Morgan fingerprint density at radius 3 is 2.44 bits per heavy atom. The van der Waals surface area contributed by atoms with Crippen molar-refractivity contribution in [3.63, 3.8) is 0 Å². The fourth-order valence-electron chi connectivity index (χ4n) is 2.99. The Hall–Kier alpha value is -3.01. The second-order valence-corrected chi connectivity index (χ2v) is 6.62. The van der Waals surface area contributed by atoms with E-state index in [4.69, 9.17) is 9.47 Å². The van der Waals surface area contributed by atoms with Gasteiger partial charge in [-0.3, -0.25) is 4.79 Å². The SMILES string of the molecule is COc1ccc2cc(C(C)C(=O)OCCN(C)c3ccccc3)ccc2c1. The molecule has 0 spiro atoms. The third kappa shape index (κ3) is 4.59. The Kier molecular flexibility index (Phi) is 5.97. The van der Waals surface area contributed by atoms with E-state index in [1.54, 1.807) is 7.11 Å². The molecule has 0 N–H and O–H groups in total. The molecule has 0 fully saturated rings. The minimum absolute atomic E-state index is 0.204. The quantitative estimate of drug-likeness (QED) is 0.574. The van der Waals surface area contributed by atoms with Crippen molar-refractivity contribution in [3.8, 4) is 5.75 Å². The van der Waals surface area contributed by atoms with Gasteiger partial charge in [-0.1, -0.05) is 42.5 Å². The van der Waals surface area contributed by atoms with Crippen LogP contribution >= 0.6 is 0 Å². The zero-order valence-electron chi connectivity index (χ0n) is 16.0. The molecule has 0 saturated heterocycles. The lowest BCUT2D eigenvalue weighted by Gasteiger charge is -2.20. The molecule has 3 aromatic carbocycles. The molecule has 0 heterocycles. The number of nitrogens with zero attached hydrogens (tertiary/aromatic N) is 1. The van der Waals surface area contributed by atoms with E-state index in [0.29, 0.717) is 13.2 Å². The molecule has 1 atom stereocenters. The van der Waals surface area contributed by atoms with Crippen LogP contribution in [0.1, 0.15) is 18.4 Å². The van der Waals surface area contributed by atoms with Crippen LogP contribution in [0.5, 0.6) is 5.75 Å². The van der Waals surface area contributed by atoms with E-state index in [1.807, 2.05) is 80.7 Å². The van der Waals surface area contributed by atoms with Crippen LogP contribution < -0.4 is 9.64 Å². The highest BCUT2D eigenvalue weighted by atomic mass is 16.5. The van der Waals surface area contributed by atoms with Gasteiger partial charge in [0.25, 0.3) is 0 Å². The van der Waals surface area contributed by atoms with Crippen molar-refractivity contribution < 1.29 is 14.3 Å². The van der Waals surface area contributed by atoms with Gasteiger partial charge in [0.2, 0.25) is 0 Å². The maximum absolute atomic E-state index is 12.4. The van der Waals surface area contributed by atoms with Crippen molar-refractivity contribution in [2.24, 2.45) is 0 Å². The second kappa shape index (κ2) is 8.58. The van der Waals surface area contributed by atoms with Crippen molar-refractivity contribution in [1.82, 2.24) is 0 Å². The summed E-state index contributed by atoms with van der Waals surface area (Å²) in [6, 6.07) is 22.0. The molecule has 0 aromatic heterocycles. The van der Waals surface area contributed by atoms with Crippen molar-refractivity contribution in [2.75, 3.05) is 32.2 Å². The third-order valence-corrected chi connectivity index (χ3v) is 4.79. The first-order valence-electron chi connectivity index (χ1n) is 9.09. The average molecular weight is 363 g/mol. The molecule has 0 radical (unpaired) electrons. The van der Waals surface area contributed by atoms with Crippen molar-refractivity contribution in [1.29, 1.82) is 0 Å². The third-order valence-electron chi connectivity index (χ3n) is 4.79. The highest BCUT2D eigenvalue weighted by molar-refractivity contribution is 5.86. The van der Waals surface area contributed by atoms with E-state index in [-0.39, 0.29) is 11.9 Å². The normalized spacial score (nSPS) is 11.8. The number of anilines is 1. The molecule has 0 aliphatic carbocycles. The van der Waals surface area contributed by atoms with E-state index in [9.17, 15) is 4.79 Å².